The molecular formula is C14H18F2N2O4. The van der Waals surface area contributed by atoms with Gasteiger partial charge in [-0.3, -0.25) is 15.0 Å². The van der Waals surface area contributed by atoms with Crippen LogP contribution in [0.25, 0.3) is 0 Å². The Bertz CT molecular complexity index is 585. The number of nitrogens with zero attached hydrogens (tertiary/aromatic N) is 2. The highest BCUT2D eigenvalue weighted by atomic mass is 19.1. The van der Waals surface area contributed by atoms with E-state index in [0.29, 0.717) is 12.5 Å². The Balaban J connectivity index is 3.35. The van der Waals surface area contributed by atoms with Gasteiger partial charge in [-0.25, -0.2) is 9.18 Å². The van der Waals surface area contributed by atoms with Crippen molar-refractivity contribution in [3.63, 3.8) is 0 Å². The number of halogens is 2. The molecule has 0 aromatic heterocycles. The second-order valence-electron chi connectivity index (χ2n) is 5.62. The highest BCUT2D eigenvalue weighted by Crippen LogP contribution is 2.31. The zero-order valence-electron chi connectivity index (χ0n) is 12.9. The van der Waals surface area contributed by atoms with Gasteiger partial charge in [-0.15, -0.1) is 0 Å². The van der Waals surface area contributed by atoms with Crippen molar-refractivity contribution < 1.29 is 23.2 Å². The molecule has 1 aromatic carbocycles. The molecule has 0 bridgehead atoms. The van der Waals surface area contributed by atoms with E-state index in [1.807, 2.05) is 0 Å². The van der Waals surface area contributed by atoms with Gasteiger partial charge in [-0.05, 0) is 33.3 Å². The Labute approximate surface area is 126 Å². The minimum absolute atomic E-state index is 0.0378. The van der Waals surface area contributed by atoms with Crippen LogP contribution < -0.4 is 4.90 Å². The minimum Gasteiger partial charge on any atom is -0.443 e. The molecule has 0 radical (unpaired) electrons. The van der Waals surface area contributed by atoms with Gasteiger partial charge < -0.3 is 4.74 Å². The molecule has 0 saturated carbocycles. The van der Waals surface area contributed by atoms with Gasteiger partial charge in [0.05, 0.1) is 4.92 Å². The van der Waals surface area contributed by atoms with E-state index in [2.05, 4.69) is 0 Å². The highest BCUT2D eigenvalue weighted by Gasteiger charge is 2.31. The summed E-state index contributed by atoms with van der Waals surface area (Å²) in [5.74, 6) is -2.47. The van der Waals surface area contributed by atoms with E-state index >= 15 is 0 Å². The molecule has 0 fully saturated rings. The van der Waals surface area contributed by atoms with Crippen molar-refractivity contribution in [3.8, 4) is 0 Å². The average Bonchev–Trinajstić information content (AvgIpc) is 2.35. The normalized spacial score (nSPS) is 11.2. The number of benzene rings is 1. The first-order valence-electron chi connectivity index (χ1n) is 6.71. The molecule has 22 heavy (non-hydrogen) atoms. The molecule has 8 heteroatoms. The molecule has 6 nitrogen and oxygen atoms in total. The number of carbonyl (C=O) groups is 1. The molecule has 0 aliphatic rings. The predicted octanol–water partition coefficient (Wildman–Crippen LogP) is 4.02. The van der Waals surface area contributed by atoms with Crippen molar-refractivity contribution >= 4 is 17.5 Å². The quantitative estimate of drug-likeness (QED) is 0.621. The number of amides is 1. The predicted molar refractivity (Wildman–Crippen MR) is 76.9 cm³/mol. The van der Waals surface area contributed by atoms with Gasteiger partial charge in [-0.1, -0.05) is 6.92 Å². The number of rotatable bonds is 4. The fourth-order valence-corrected chi connectivity index (χ4v) is 1.75. The standard InChI is InChI=1S/C14H18F2N2O4/c1-5-8-17(13(19)22-14(2,3)4)12-9(15)6-7-10(11(12)16)18(20)21/h6-7H,5,8H2,1-4H3. The number of carbonyl (C=O) groups excluding carboxylic acids is 1. The third kappa shape index (κ3) is 4.12. The van der Waals surface area contributed by atoms with E-state index in [1.54, 1.807) is 27.7 Å². The Morgan fingerprint density at radius 1 is 1.36 bits per heavy atom. The summed E-state index contributed by atoms with van der Waals surface area (Å²) in [6, 6.07) is 1.47. The molecule has 0 aliphatic carbocycles. The van der Waals surface area contributed by atoms with E-state index in [4.69, 9.17) is 4.74 Å². The number of nitro benzene ring substituents is 1. The number of ether oxygens (including phenoxy) is 1. The first-order valence-corrected chi connectivity index (χ1v) is 6.71. The fourth-order valence-electron chi connectivity index (χ4n) is 1.75. The monoisotopic (exact) mass is 316 g/mol. The number of nitro groups is 1. The number of hydrogen-bond acceptors (Lipinski definition) is 4. The van der Waals surface area contributed by atoms with Crippen molar-refractivity contribution in [1.29, 1.82) is 0 Å². The first kappa shape index (κ1) is 17.8. The zero-order valence-corrected chi connectivity index (χ0v) is 12.9. The van der Waals surface area contributed by atoms with Gasteiger partial charge in [0.1, 0.15) is 11.3 Å². The zero-order chi connectivity index (χ0) is 17.1. The summed E-state index contributed by atoms with van der Waals surface area (Å²) in [6.07, 6.45) is -0.575. The lowest BCUT2D eigenvalue weighted by atomic mass is 10.2. The van der Waals surface area contributed by atoms with Crippen LogP contribution in [0.15, 0.2) is 12.1 Å². The van der Waals surface area contributed by atoms with E-state index in [9.17, 15) is 23.7 Å². The maximum Gasteiger partial charge on any atom is 0.414 e. The van der Waals surface area contributed by atoms with Crippen molar-refractivity contribution in [1.82, 2.24) is 0 Å². The van der Waals surface area contributed by atoms with Gasteiger partial charge in [0, 0.05) is 12.6 Å². The summed E-state index contributed by atoms with van der Waals surface area (Å²) in [6.45, 7) is 6.48. The molecule has 122 valence electrons. The lowest BCUT2D eigenvalue weighted by molar-refractivity contribution is -0.387. The van der Waals surface area contributed by atoms with Crippen LogP contribution in [0.3, 0.4) is 0 Å². The van der Waals surface area contributed by atoms with Crippen LogP contribution in [0, 0.1) is 21.7 Å². The van der Waals surface area contributed by atoms with Crippen LogP contribution in [0.2, 0.25) is 0 Å². The maximum atomic E-state index is 14.2. The van der Waals surface area contributed by atoms with Gasteiger partial charge in [-0.2, -0.15) is 4.39 Å². The second-order valence-corrected chi connectivity index (χ2v) is 5.62. The SMILES string of the molecule is CCCN(C(=O)OC(C)(C)C)c1c(F)ccc([N+](=O)[O-])c1F. The van der Waals surface area contributed by atoms with Crippen LogP contribution in [-0.2, 0) is 4.74 Å². The molecule has 0 heterocycles. The lowest BCUT2D eigenvalue weighted by Gasteiger charge is -2.27. The van der Waals surface area contributed by atoms with Crippen molar-refractivity contribution in [2.24, 2.45) is 0 Å². The highest BCUT2D eigenvalue weighted by molar-refractivity contribution is 5.88. The molecular weight excluding hydrogens is 298 g/mol. The smallest absolute Gasteiger partial charge is 0.414 e. The van der Waals surface area contributed by atoms with Gasteiger partial charge in [0.15, 0.2) is 5.82 Å². The van der Waals surface area contributed by atoms with E-state index in [1.165, 1.54) is 0 Å². The fraction of sp³-hybridized carbons (Fsp3) is 0.500. The third-order valence-electron chi connectivity index (χ3n) is 2.57. The molecule has 0 atom stereocenters. The number of anilines is 1. The van der Waals surface area contributed by atoms with Crippen LogP contribution in [-0.4, -0.2) is 23.2 Å². The van der Waals surface area contributed by atoms with Gasteiger partial charge in [0.2, 0.25) is 5.82 Å². The topological polar surface area (TPSA) is 72.7 Å². The van der Waals surface area contributed by atoms with Crippen molar-refractivity contribution in [3.05, 3.63) is 33.9 Å². The Morgan fingerprint density at radius 3 is 2.41 bits per heavy atom. The Hall–Kier alpha value is -2.25. The summed E-state index contributed by atoms with van der Waals surface area (Å²) < 4.78 is 33.3. The average molecular weight is 316 g/mol. The third-order valence-corrected chi connectivity index (χ3v) is 2.57. The molecule has 0 N–H and O–H groups in total. The summed E-state index contributed by atoms with van der Waals surface area (Å²) in [5, 5.41) is 10.8. The molecule has 1 amide bonds. The summed E-state index contributed by atoms with van der Waals surface area (Å²) in [7, 11) is 0. The summed E-state index contributed by atoms with van der Waals surface area (Å²) >= 11 is 0. The summed E-state index contributed by atoms with van der Waals surface area (Å²) in [5.41, 5.74) is -2.54. The van der Waals surface area contributed by atoms with Crippen LogP contribution in [0.4, 0.5) is 25.0 Å². The number of hydrogen-bond donors (Lipinski definition) is 0. The second kappa shape index (κ2) is 6.67. The van der Waals surface area contributed by atoms with Gasteiger partial charge in [0.25, 0.3) is 0 Å². The molecule has 1 rings (SSSR count). The molecule has 1 aromatic rings. The molecule has 0 saturated heterocycles. The van der Waals surface area contributed by atoms with Gasteiger partial charge >= 0.3 is 11.8 Å². The minimum atomic E-state index is -1.40. The van der Waals surface area contributed by atoms with E-state index < -0.39 is 39.6 Å². The Morgan fingerprint density at radius 2 is 1.95 bits per heavy atom. The molecule has 0 unspecified atom stereocenters. The first-order chi connectivity index (χ1) is 10.1. The van der Waals surface area contributed by atoms with Crippen molar-refractivity contribution in [2.75, 3.05) is 11.4 Å². The van der Waals surface area contributed by atoms with Crippen LogP contribution in [0.5, 0.6) is 0 Å². The molecule has 0 spiro atoms. The maximum absolute atomic E-state index is 14.2. The van der Waals surface area contributed by atoms with Crippen molar-refractivity contribution in [2.45, 2.75) is 39.7 Å². The molecule has 0 aliphatic heterocycles. The largest absolute Gasteiger partial charge is 0.443 e. The lowest BCUT2D eigenvalue weighted by Crippen LogP contribution is -2.38. The summed E-state index contributed by atoms with van der Waals surface area (Å²) in [4.78, 5) is 22.7. The van der Waals surface area contributed by atoms with E-state index in [0.717, 1.165) is 11.0 Å². The van der Waals surface area contributed by atoms with Crippen LogP contribution in [0.1, 0.15) is 34.1 Å². The van der Waals surface area contributed by atoms with Crippen LogP contribution >= 0.6 is 0 Å². The van der Waals surface area contributed by atoms with E-state index in [-0.39, 0.29) is 6.54 Å². The Kier molecular flexibility index (Phi) is 5.40.